The number of amides is 3. The van der Waals surface area contributed by atoms with Crippen molar-refractivity contribution in [3.63, 3.8) is 0 Å². The minimum absolute atomic E-state index is 0.0479. The first kappa shape index (κ1) is 24.7. The maximum atomic E-state index is 12.3. The van der Waals surface area contributed by atoms with Gasteiger partial charge in [0.1, 0.15) is 5.57 Å². The fourth-order valence-electron chi connectivity index (χ4n) is 2.85. The second-order valence-corrected chi connectivity index (χ2v) is 8.53. The summed E-state index contributed by atoms with van der Waals surface area (Å²) >= 11 is 14.3. The molecule has 3 rings (SSSR count). The van der Waals surface area contributed by atoms with Crippen LogP contribution in [0.1, 0.15) is 18.1 Å². The maximum absolute atomic E-state index is 12.3. The van der Waals surface area contributed by atoms with Crippen LogP contribution in [0.4, 0.5) is 5.69 Å². The number of nitrogens with one attached hydrogen (secondary N) is 3. The Morgan fingerprint density at radius 2 is 1.88 bits per heavy atom. The van der Waals surface area contributed by atoms with Crippen LogP contribution in [-0.2, 0) is 14.4 Å². The monoisotopic (exact) mass is 551 g/mol. The molecule has 8 nitrogen and oxygen atoms in total. The predicted octanol–water partition coefficient (Wildman–Crippen LogP) is 3.74. The van der Waals surface area contributed by atoms with Gasteiger partial charge in [0.05, 0.1) is 11.1 Å². The highest BCUT2D eigenvalue weighted by molar-refractivity contribution is 9.10. The van der Waals surface area contributed by atoms with Gasteiger partial charge in [0, 0.05) is 10.7 Å². The Labute approximate surface area is 208 Å². The number of rotatable bonds is 7. The number of anilines is 1. The van der Waals surface area contributed by atoms with E-state index >= 15 is 0 Å². The Balaban J connectivity index is 1.78. The van der Waals surface area contributed by atoms with Crippen molar-refractivity contribution in [2.45, 2.75) is 13.8 Å². The molecule has 1 aliphatic rings. The predicted molar refractivity (Wildman–Crippen MR) is 132 cm³/mol. The lowest BCUT2D eigenvalue weighted by molar-refractivity contribution is -0.123. The van der Waals surface area contributed by atoms with E-state index in [0.717, 1.165) is 5.56 Å². The van der Waals surface area contributed by atoms with Crippen LogP contribution < -0.4 is 25.4 Å². The summed E-state index contributed by atoms with van der Waals surface area (Å²) in [6, 6.07) is 8.43. The Morgan fingerprint density at radius 1 is 1.18 bits per heavy atom. The minimum Gasteiger partial charge on any atom is -0.490 e. The van der Waals surface area contributed by atoms with E-state index in [0.29, 0.717) is 38.9 Å². The molecule has 1 fully saturated rings. The Bertz CT molecular complexity index is 1160. The van der Waals surface area contributed by atoms with Gasteiger partial charge >= 0.3 is 0 Å². The largest absolute Gasteiger partial charge is 0.490 e. The summed E-state index contributed by atoms with van der Waals surface area (Å²) in [5, 5.41) is 7.97. The van der Waals surface area contributed by atoms with Crippen LogP contribution >= 0.6 is 39.7 Å². The normalized spacial score (nSPS) is 13.2. The van der Waals surface area contributed by atoms with Crippen LogP contribution in [0, 0.1) is 6.92 Å². The van der Waals surface area contributed by atoms with E-state index in [1.165, 1.54) is 6.08 Å². The first-order valence-corrected chi connectivity index (χ1v) is 11.3. The molecule has 0 aromatic heterocycles. The van der Waals surface area contributed by atoms with E-state index in [2.05, 4.69) is 31.9 Å². The third kappa shape index (κ3) is 6.31. The van der Waals surface area contributed by atoms with Crippen molar-refractivity contribution in [2.75, 3.05) is 18.5 Å². The number of thiocarbonyl (C=S) groups is 1. The smallest absolute Gasteiger partial charge is 0.263 e. The summed E-state index contributed by atoms with van der Waals surface area (Å²) in [6.07, 6.45) is 1.40. The van der Waals surface area contributed by atoms with Crippen molar-refractivity contribution in [3.05, 3.63) is 56.5 Å². The zero-order valence-electron chi connectivity index (χ0n) is 17.6. The molecule has 11 heteroatoms. The van der Waals surface area contributed by atoms with Crippen molar-refractivity contribution in [2.24, 2.45) is 0 Å². The fraction of sp³-hybridized carbons (Fsp3) is 0.182. The minimum atomic E-state index is -0.606. The number of ether oxygens (including phenoxy) is 2. The van der Waals surface area contributed by atoms with Crippen LogP contribution in [0.2, 0.25) is 5.02 Å². The van der Waals surface area contributed by atoms with Gasteiger partial charge < -0.3 is 14.8 Å². The zero-order chi connectivity index (χ0) is 24.1. The SMILES string of the molecule is CCOc1cc(C=C2C(=O)NC(=S)NC2=O)cc(Br)c1OCC(=O)Nc1ccc(C)c(Cl)c1. The van der Waals surface area contributed by atoms with Gasteiger partial charge in [-0.1, -0.05) is 17.7 Å². The molecule has 0 saturated carbocycles. The van der Waals surface area contributed by atoms with Gasteiger partial charge in [-0.2, -0.15) is 0 Å². The number of carbonyl (C=O) groups is 3. The Kier molecular flexibility index (Phi) is 8.06. The average Bonchev–Trinajstić information content (AvgIpc) is 2.73. The molecule has 1 heterocycles. The quantitative estimate of drug-likeness (QED) is 0.275. The lowest BCUT2D eigenvalue weighted by Crippen LogP contribution is -2.51. The number of hydrogen-bond acceptors (Lipinski definition) is 6. The average molecular weight is 553 g/mol. The van der Waals surface area contributed by atoms with Gasteiger partial charge in [0.2, 0.25) is 0 Å². The van der Waals surface area contributed by atoms with Crippen molar-refractivity contribution in [1.29, 1.82) is 0 Å². The lowest BCUT2D eigenvalue weighted by Gasteiger charge is -2.17. The standard InChI is InChI=1S/C22H19BrClN3O5S/c1-3-31-17-8-12(6-14-20(29)26-22(33)27-21(14)30)7-15(23)19(17)32-10-18(28)25-13-5-4-11(2)16(24)9-13/h4-9H,3,10H2,1-2H3,(H,25,28)(H2,26,27,29,30,33). The molecule has 172 valence electrons. The van der Waals surface area contributed by atoms with Crippen LogP contribution in [0.5, 0.6) is 11.5 Å². The van der Waals surface area contributed by atoms with Crippen molar-refractivity contribution in [3.8, 4) is 11.5 Å². The summed E-state index contributed by atoms with van der Waals surface area (Å²) < 4.78 is 11.8. The summed E-state index contributed by atoms with van der Waals surface area (Å²) in [5.41, 5.74) is 1.85. The van der Waals surface area contributed by atoms with E-state index in [4.69, 9.17) is 33.3 Å². The molecule has 1 saturated heterocycles. The molecule has 0 bridgehead atoms. The zero-order valence-corrected chi connectivity index (χ0v) is 20.7. The van der Waals surface area contributed by atoms with Gasteiger partial charge in [-0.15, -0.1) is 0 Å². The van der Waals surface area contributed by atoms with Crippen LogP contribution in [0.15, 0.2) is 40.4 Å². The molecule has 0 radical (unpaired) electrons. The fourth-order valence-corrected chi connectivity index (χ4v) is 3.79. The highest BCUT2D eigenvalue weighted by Crippen LogP contribution is 2.37. The summed E-state index contributed by atoms with van der Waals surface area (Å²) in [6.45, 7) is 3.70. The molecule has 2 aromatic rings. The van der Waals surface area contributed by atoms with Crippen molar-refractivity contribution in [1.82, 2.24) is 10.6 Å². The van der Waals surface area contributed by atoms with Crippen molar-refractivity contribution < 1.29 is 23.9 Å². The second-order valence-electron chi connectivity index (χ2n) is 6.86. The Morgan fingerprint density at radius 3 is 2.52 bits per heavy atom. The van der Waals surface area contributed by atoms with E-state index in [1.807, 2.05) is 6.92 Å². The van der Waals surface area contributed by atoms with Crippen LogP contribution in [0.3, 0.4) is 0 Å². The number of aryl methyl sites for hydroxylation is 1. The van der Waals surface area contributed by atoms with Gasteiger partial charge in [-0.3, -0.25) is 25.0 Å². The highest BCUT2D eigenvalue weighted by atomic mass is 79.9. The summed E-state index contributed by atoms with van der Waals surface area (Å²) in [4.78, 5) is 36.5. The molecule has 2 aromatic carbocycles. The first-order chi connectivity index (χ1) is 15.7. The van der Waals surface area contributed by atoms with Crippen LogP contribution in [0.25, 0.3) is 6.08 Å². The van der Waals surface area contributed by atoms with Gasteiger partial charge in [-0.25, -0.2) is 0 Å². The molecule has 3 N–H and O–H groups in total. The molecule has 3 amide bonds. The topological polar surface area (TPSA) is 106 Å². The molecular weight excluding hydrogens is 534 g/mol. The number of halogens is 2. The molecule has 0 unspecified atom stereocenters. The molecule has 1 aliphatic heterocycles. The van der Waals surface area contributed by atoms with Gasteiger partial charge in [0.25, 0.3) is 17.7 Å². The molecule has 0 atom stereocenters. The Hall–Kier alpha value is -2.95. The summed E-state index contributed by atoms with van der Waals surface area (Å²) in [5.74, 6) is -0.967. The number of benzene rings is 2. The molecule has 33 heavy (non-hydrogen) atoms. The van der Waals surface area contributed by atoms with Crippen LogP contribution in [-0.4, -0.2) is 36.0 Å². The lowest BCUT2D eigenvalue weighted by atomic mass is 10.1. The molecular formula is C22H19BrClN3O5S. The third-order valence-corrected chi connectivity index (χ3v) is 5.59. The van der Waals surface area contributed by atoms with E-state index < -0.39 is 11.8 Å². The van der Waals surface area contributed by atoms with Gasteiger partial charge in [-0.05, 0) is 83.5 Å². The third-order valence-electron chi connectivity index (χ3n) is 4.39. The highest BCUT2D eigenvalue weighted by Gasteiger charge is 2.26. The molecule has 0 aliphatic carbocycles. The molecule has 0 spiro atoms. The maximum Gasteiger partial charge on any atom is 0.263 e. The van der Waals surface area contributed by atoms with E-state index in [9.17, 15) is 14.4 Å². The summed E-state index contributed by atoms with van der Waals surface area (Å²) in [7, 11) is 0. The first-order valence-electron chi connectivity index (χ1n) is 9.71. The van der Waals surface area contributed by atoms with E-state index in [-0.39, 0.29) is 23.2 Å². The number of carbonyl (C=O) groups excluding carboxylic acids is 3. The van der Waals surface area contributed by atoms with Crippen molar-refractivity contribution >= 4 is 74.3 Å². The number of hydrogen-bond donors (Lipinski definition) is 3. The van der Waals surface area contributed by atoms with E-state index in [1.54, 1.807) is 37.3 Å². The van der Waals surface area contributed by atoms with Gasteiger partial charge in [0.15, 0.2) is 23.2 Å². The second kappa shape index (κ2) is 10.8.